The number of aliphatic hydroxyl groups is 1. The van der Waals surface area contributed by atoms with Crippen LogP contribution in [0.25, 0.3) is 0 Å². The SMILES string of the molecule is OCOC1=CCCC=C1. The number of ether oxygens (including phenoxy) is 1. The Morgan fingerprint density at radius 1 is 1.56 bits per heavy atom. The first-order valence-corrected chi connectivity index (χ1v) is 3.04. The van der Waals surface area contributed by atoms with E-state index in [1.54, 1.807) is 0 Å². The Kier molecular flexibility index (Phi) is 2.33. The zero-order valence-corrected chi connectivity index (χ0v) is 5.21. The minimum atomic E-state index is -0.226. The Bertz CT molecular complexity index is 136. The first kappa shape index (κ1) is 6.36. The molecule has 0 amide bonds. The van der Waals surface area contributed by atoms with Crippen molar-refractivity contribution in [2.45, 2.75) is 12.8 Å². The monoisotopic (exact) mass is 126 g/mol. The quantitative estimate of drug-likeness (QED) is 0.563. The number of hydrogen-bond acceptors (Lipinski definition) is 2. The van der Waals surface area contributed by atoms with Crippen LogP contribution >= 0.6 is 0 Å². The van der Waals surface area contributed by atoms with Crippen molar-refractivity contribution in [1.29, 1.82) is 0 Å². The molecule has 0 saturated heterocycles. The van der Waals surface area contributed by atoms with Crippen molar-refractivity contribution in [2.75, 3.05) is 6.79 Å². The van der Waals surface area contributed by atoms with E-state index in [0.717, 1.165) is 18.6 Å². The molecule has 0 bridgehead atoms. The summed E-state index contributed by atoms with van der Waals surface area (Å²) in [5, 5.41) is 8.32. The van der Waals surface area contributed by atoms with E-state index in [1.165, 1.54) is 0 Å². The van der Waals surface area contributed by atoms with Gasteiger partial charge in [-0.05, 0) is 25.0 Å². The van der Waals surface area contributed by atoms with E-state index in [9.17, 15) is 0 Å². The van der Waals surface area contributed by atoms with Gasteiger partial charge >= 0.3 is 0 Å². The molecule has 0 saturated carbocycles. The van der Waals surface area contributed by atoms with E-state index in [2.05, 4.69) is 0 Å². The third-order valence-corrected chi connectivity index (χ3v) is 1.19. The van der Waals surface area contributed by atoms with Crippen LogP contribution in [0.2, 0.25) is 0 Å². The lowest BCUT2D eigenvalue weighted by Gasteiger charge is -2.05. The zero-order valence-electron chi connectivity index (χ0n) is 5.21. The summed E-state index contributed by atoms with van der Waals surface area (Å²) >= 11 is 0. The van der Waals surface area contributed by atoms with Crippen molar-refractivity contribution < 1.29 is 9.84 Å². The molecule has 0 heterocycles. The van der Waals surface area contributed by atoms with Gasteiger partial charge in [-0.2, -0.15) is 0 Å². The molecule has 1 aliphatic rings. The van der Waals surface area contributed by atoms with Crippen molar-refractivity contribution in [3.63, 3.8) is 0 Å². The van der Waals surface area contributed by atoms with Crippen LogP contribution in [0.3, 0.4) is 0 Å². The van der Waals surface area contributed by atoms with Gasteiger partial charge in [0.15, 0.2) is 6.79 Å². The van der Waals surface area contributed by atoms with E-state index < -0.39 is 0 Å². The number of aliphatic hydroxyl groups excluding tert-OH is 1. The standard InChI is InChI=1S/C7H10O2/c8-6-9-7-4-2-1-3-5-7/h2,4-5,8H,1,3,6H2. The Hall–Kier alpha value is -0.760. The zero-order chi connectivity index (χ0) is 6.53. The predicted octanol–water partition coefficient (Wildman–Crippen LogP) is 1.19. The normalized spacial score (nSPS) is 17.2. The fourth-order valence-corrected chi connectivity index (χ4v) is 0.771. The maximum absolute atomic E-state index is 8.32. The molecule has 2 nitrogen and oxygen atoms in total. The summed E-state index contributed by atoms with van der Waals surface area (Å²) in [5.41, 5.74) is 0. The molecule has 0 unspecified atom stereocenters. The molecule has 1 rings (SSSR count). The highest BCUT2D eigenvalue weighted by molar-refractivity contribution is 5.15. The number of rotatable bonds is 2. The number of hydrogen-bond donors (Lipinski definition) is 1. The Morgan fingerprint density at radius 3 is 3.00 bits per heavy atom. The van der Waals surface area contributed by atoms with E-state index in [0.29, 0.717) is 0 Å². The maximum atomic E-state index is 8.32. The molecule has 1 N–H and O–H groups in total. The summed E-state index contributed by atoms with van der Waals surface area (Å²) in [6, 6.07) is 0. The summed E-state index contributed by atoms with van der Waals surface area (Å²) in [7, 11) is 0. The van der Waals surface area contributed by atoms with Crippen molar-refractivity contribution >= 4 is 0 Å². The van der Waals surface area contributed by atoms with E-state index in [4.69, 9.17) is 9.84 Å². The van der Waals surface area contributed by atoms with Gasteiger partial charge in [-0.3, -0.25) is 0 Å². The van der Waals surface area contributed by atoms with Gasteiger partial charge in [-0.15, -0.1) is 0 Å². The molecular weight excluding hydrogens is 116 g/mol. The van der Waals surface area contributed by atoms with Gasteiger partial charge in [0.25, 0.3) is 0 Å². The van der Waals surface area contributed by atoms with Crippen LogP contribution in [-0.2, 0) is 4.74 Å². The van der Waals surface area contributed by atoms with Crippen LogP contribution in [0.5, 0.6) is 0 Å². The van der Waals surface area contributed by atoms with Crippen LogP contribution in [0.4, 0.5) is 0 Å². The van der Waals surface area contributed by atoms with Gasteiger partial charge in [0.1, 0.15) is 5.76 Å². The summed E-state index contributed by atoms with van der Waals surface area (Å²) in [4.78, 5) is 0. The molecule has 2 heteroatoms. The highest BCUT2D eigenvalue weighted by atomic mass is 16.6. The van der Waals surface area contributed by atoms with E-state index >= 15 is 0 Å². The Labute approximate surface area is 54.5 Å². The molecule has 0 aliphatic heterocycles. The summed E-state index contributed by atoms with van der Waals surface area (Å²) < 4.78 is 4.81. The smallest absolute Gasteiger partial charge is 0.186 e. The van der Waals surface area contributed by atoms with Crippen LogP contribution in [0.1, 0.15) is 12.8 Å². The maximum Gasteiger partial charge on any atom is 0.186 e. The fraction of sp³-hybridized carbons (Fsp3) is 0.429. The third kappa shape index (κ3) is 1.90. The molecule has 0 spiro atoms. The van der Waals surface area contributed by atoms with Gasteiger partial charge in [0.05, 0.1) is 0 Å². The summed E-state index contributed by atoms with van der Waals surface area (Å²) in [5.74, 6) is 0.781. The van der Waals surface area contributed by atoms with Gasteiger partial charge in [-0.1, -0.05) is 6.08 Å². The molecular formula is C7H10O2. The Balaban J connectivity index is 2.38. The van der Waals surface area contributed by atoms with Crippen molar-refractivity contribution in [1.82, 2.24) is 0 Å². The molecule has 1 aliphatic carbocycles. The average molecular weight is 126 g/mol. The van der Waals surface area contributed by atoms with Crippen LogP contribution < -0.4 is 0 Å². The highest BCUT2D eigenvalue weighted by Crippen LogP contribution is 2.09. The van der Waals surface area contributed by atoms with Crippen molar-refractivity contribution in [2.24, 2.45) is 0 Å². The number of allylic oxidation sites excluding steroid dienone is 3. The third-order valence-electron chi connectivity index (χ3n) is 1.19. The van der Waals surface area contributed by atoms with E-state index in [-0.39, 0.29) is 6.79 Å². The van der Waals surface area contributed by atoms with Gasteiger partial charge < -0.3 is 9.84 Å². The lowest BCUT2D eigenvalue weighted by Crippen LogP contribution is -1.92. The Morgan fingerprint density at radius 2 is 2.44 bits per heavy atom. The second-order valence-corrected chi connectivity index (χ2v) is 1.86. The largest absolute Gasteiger partial charge is 0.468 e. The van der Waals surface area contributed by atoms with Crippen molar-refractivity contribution in [3.05, 3.63) is 24.0 Å². The summed E-state index contributed by atoms with van der Waals surface area (Å²) in [6.45, 7) is -0.226. The molecule has 0 aromatic carbocycles. The second kappa shape index (κ2) is 3.30. The first-order valence-electron chi connectivity index (χ1n) is 3.04. The fourth-order valence-electron chi connectivity index (χ4n) is 0.771. The van der Waals surface area contributed by atoms with Gasteiger partial charge in [0.2, 0.25) is 0 Å². The minimum Gasteiger partial charge on any atom is -0.468 e. The highest BCUT2D eigenvalue weighted by Gasteiger charge is 1.94. The van der Waals surface area contributed by atoms with Crippen LogP contribution in [0, 0.1) is 0 Å². The van der Waals surface area contributed by atoms with Crippen molar-refractivity contribution in [3.8, 4) is 0 Å². The molecule has 0 aromatic heterocycles. The lowest BCUT2D eigenvalue weighted by atomic mass is 10.2. The summed E-state index contributed by atoms with van der Waals surface area (Å²) in [6.07, 6.45) is 7.98. The topological polar surface area (TPSA) is 29.5 Å². The van der Waals surface area contributed by atoms with Gasteiger partial charge in [-0.25, -0.2) is 0 Å². The lowest BCUT2D eigenvalue weighted by molar-refractivity contribution is 0.0472. The minimum absolute atomic E-state index is 0.226. The molecule has 9 heavy (non-hydrogen) atoms. The molecule has 0 radical (unpaired) electrons. The average Bonchev–Trinajstić information content (AvgIpc) is 1.91. The van der Waals surface area contributed by atoms with E-state index in [1.807, 2.05) is 18.2 Å². The molecule has 0 atom stereocenters. The molecule has 50 valence electrons. The second-order valence-electron chi connectivity index (χ2n) is 1.86. The first-order chi connectivity index (χ1) is 4.43. The van der Waals surface area contributed by atoms with Crippen LogP contribution in [0.15, 0.2) is 24.0 Å². The predicted molar refractivity (Wildman–Crippen MR) is 34.6 cm³/mol. The molecule has 0 fully saturated rings. The van der Waals surface area contributed by atoms with Crippen LogP contribution in [-0.4, -0.2) is 11.9 Å². The molecule has 0 aromatic rings. The van der Waals surface area contributed by atoms with Gasteiger partial charge in [0, 0.05) is 0 Å².